The van der Waals surface area contributed by atoms with E-state index in [1.54, 1.807) is 0 Å². The summed E-state index contributed by atoms with van der Waals surface area (Å²) in [6.45, 7) is 13.5. The van der Waals surface area contributed by atoms with Crippen LogP contribution in [0.5, 0.6) is 0 Å². The van der Waals surface area contributed by atoms with Crippen LogP contribution in [0.2, 0.25) is 12.1 Å². The third kappa shape index (κ3) is 14.6. The predicted molar refractivity (Wildman–Crippen MR) is 169 cm³/mol. The fraction of sp³-hybridized carbons (Fsp3) is 0.171. The van der Waals surface area contributed by atoms with Crippen molar-refractivity contribution < 1.29 is 54.8 Å². The van der Waals surface area contributed by atoms with Crippen molar-refractivity contribution in [3.63, 3.8) is 0 Å². The third-order valence-electron chi connectivity index (χ3n) is 6.39. The van der Waals surface area contributed by atoms with E-state index < -0.39 is 17.6 Å². The molecular weight excluding hydrogens is 568 g/mol. The van der Waals surface area contributed by atoms with Crippen LogP contribution in [-0.4, -0.2) is 17.6 Å². The maximum Gasteiger partial charge on any atom is 1.00 e. The number of benzene rings is 4. The summed E-state index contributed by atoms with van der Waals surface area (Å²) >= 11 is 0. The maximum absolute atomic E-state index is 6.25. The summed E-state index contributed by atoms with van der Waals surface area (Å²) in [5.41, 5.74) is 2.97. The topological polar surface area (TPSA) is 23.8 Å². The molecule has 6 heteroatoms. The molecule has 41 heavy (non-hydrogen) atoms. The summed E-state index contributed by atoms with van der Waals surface area (Å²) in [5.74, 6) is 0. The second kappa shape index (κ2) is 24.6. The van der Waals surface area contributed by atoms with Crippen LogP contribution in [0.15, 0.2) is 145 Å². The first-order valence-corrected chi connectivity index (χ1v) is 16.4. The molecule has 1 nitrogen and oxygen atoms in total. The standard InChI is InChI=1S/2C17H19Si.CN.Cu.2Li/c2*1-3-15(2)14-18(16-10-6-4-7-11-16)17-12-8-5-9-13-17;1-2;;;/h2*3-13H,14H2,1-2H3;;;;/q;;-1;;2*+1/b2*15-3+;;;;. The van der Waals surface area contributed by atoms with Gasteiger partial charge >= 0.3 is 37.7 Å². The Kier molecular flexibility index (Phi) is 24.7. The normalized spacial score (nSPS) is 10.4. The van der Waals surface area contributed by atoms with E-state index in [0.29, 0.717) is 0 Å². The average Bonchev–Trinajstić information content (AvgIpc) is 3.01. The molecular formula is C35H38CuLi2NSi2+. The summed E-state index contributed by atoms with van der Waals surface area (Å²) in [6, 6.07) is 46.1. The molecule has 0 N–H and O–H groups in total. The molecule has 4 aromatic rings. The molecule has 0 atom stereocenters. The van der Waals surface area contributed by atoms with Crippen molar-refractivity contribution in [2.24, 2.45) is 0 Å². The van der Waals surface area contributed by atoms with Gasteiger partial charge < -0.3 is 11.8 Å². The molecule has 0 aliphatic heterocycles. The summed E-state index contributed by atoms with van der Waals surface area (Å²) < 4.78 is 0. The molecule has 0 aliphatic rings. The van der Waals surface area contributed by atoms with Crippen LogP contribution < -0.4 is 58.5 Å². The van der Waals surface area contributed by atoms with Gasteiger partial charge in [0.1, 0.15) is 17.6 Å². The monoisotopic (exact) mass is 605 g/mol. The Labute approximate surface area is 287 Å². The minimum Gasteiger partial charge on any atom is -0.512 e. The zero-order valence-electron chi connectivity index (χ0n) is 25.4. The Morgan fingerprint density at radius 2 is 0.707 bits per heavy atom. The molecule has 0 spiro atoms. The van der Waals surface area contributed by atoms with E-state index in [1.807, 2.05) is 0 Å². The SMILES string of the molecule is C/C=C(\C)C[Si](c1ccccc1)c1ccccc1.C/C=C(\C)C[Si](c1ccccc1)c1ccccc1.[C-]#N.[Cu].[Li+].[Li+]. The minimum absolute atomic E-state index is 0. The molecule has 3 radical (unpaired) electrons. The summed E-state index contributed by atoms with van der Waals surface area (Å²) in [7, 11) is -1.36. The van der Waals surface area contributed by atoms with E-state index in [9.17, 15) is 0 Å². The molecule has 4 aromatic carbocycles. The quantitative estimate of drug-likeness (QED) is 0.164. The van der Waals surface area contributed by atoms with Gasteiger partial charge in [-0.2, -0.15) is 0 Å². The Morgan fingerprint density at radius 1 is 0.512 bits per heavy atom. The van der Waals surface area contributed by atoms with E-state index in [0.717, 1.165) is 0 Å². The van der Waals surface area contributed by atoms with Gasteiger partial charge in [-0.15, -0.1) is 0 Å². The van der Waals surface area contributed by atoms with Crippen molar-refractivity contribution in [1.29, 1.82) is 5.26 Å². The molecule has 0 amide bonds. The van der Waals surface area contributed by atoms with E-state index in [4.69, 9.17) is 11.8 Å². The molecule has 0 saturated heterocycles. The molecule has 4 rings (SSSR count). The summed E-state index contributed by atoms with van der Waals surface area (Å²) in [6.07, 6.45) is 4.47. The van der Waals surface area contributed by atoms with Crippen molar-refractivity contribution in [1.82, 2.24) is 0 Å². The van der Waals surface area contributed by atoms with Gasteiger partial charge in [0, 0.05) is 17.1 Å². The van der Waals surface area contributed by atoms with Gasteiger partial charge in [0.05, 0.1) is 0 Å². The van der Waals surface area contributed by atoms with E-state index in [-0.39, 0.29) is 54.8 Å². The summed E-state index contributed by atoms with van der Waals surface area (Å²) in [4.78, 5) is 0. The zero-order chi connectivity index (χ0) is 27.6. The Balaban J connectivity index is 0. The van der Waals surface area contributed by atoms with Crippen molar-refractivity contribution in [3.05, 3.63) is 151 Å². The number of nitrogens with zero attached hydrogens (tertiary/aromatic N) is 1. The van der Waals surface area contributed by atoms with Crippen LogP contribution in [0, 0.1) is 11.8 Å². The number of rotatable bonds is 8. The first-order valence-electron chi connectivity index (χ1n) is 13.0. The van der Waals surface area contributed by atoms with Crippen molar-refractivity contribution in [2.75, 3.05) is 0 Å². The van der Waals surface area contributed by atoms with Crippen LogP contribution in [-0.2, 0) is 17.1 Å². The van der Waals surface area contributed by atoms with E-state index in [2.05, 4.69) is 161 Å². The van der Waals surface area contributed by atoms with Crippen LogP contribution in [0.1, 0.15) is 27.7 Å². The van der Waals surface area contributed by atoms with Gasteiger partial charge in [0.2, 0.25) is 0 Å². The van der Waals surface area contributed by atoms with Gasteiger partial charge in [-0.05, 0) is 39.8 Å². The largest absolute Gasteiger partial charge is 1.00 e. The summed E-state index contributed by atoms with van der Waals surface area (Å²) in [5, 5.41) is 12.2. The predicted octanol–water partition coefficient (Wildman–Crippen LogP) is 0.625. The van der Waals surface area contributed by atoms with Crippen molar-refractivity contribution in [2.45, 2.75) is 39.8 Å². The smallest absolute Gasteiger partial charge is 0.512 e. The molecule has 0 heterocycles. The number of hydrogen-bond acceptors (Lipinski definition) is 1. The Bertz CT molecular complexity index is 1090. The van der Waals surface area contributed by atoms with Gasteiger partial charge in [-0.25, -0.2) is 0 Å². The Morgan fingerprint density at radius 3 is 0.878 bits per heavy atom. The molecule has 0 unspecified atom stereocenters. The van der Waals surface area contributed by atoms with Crippen LogP contribution in [0.4, 0.5) is 0 Å². The molecule has 203 valence electrons. The molecule has 0 aromatic heterocycles. The first-order chi connectivity index (χ1) is 18.6. The minimum atomic E-state index is -0.679. The fourth-order valence-corrected chi connectivity index (χ4v) is 9.45. The second-order valence-electron chi connectivity index (χ2n) is 9.04. The molecule has 0 aliphatic carbocycles. The van der Waals surface area contributed by atoms with Crippen LogP contribution in [0.25, 0.3) is 0 Å². The fourth-order valence-electron chi connectivity index (χ4n) is 4.06. The molecule has 0 bridgehead atoms. The Hall–Kier alpha value is -2.00. The third-order valence-corrected chi connectivity index (χ3v) is 12.3. The average molecular weight is 606 g/mol. The van der Waals surface area contributed by atoms with Crippen LogP contribution >= 0.6 is 0 Å². The van der Waals surface area contributed by atoms with Gasteiger partial charge in [-0.1, -0.05) is 165 Å². The van der Waals surface area contributed by atoms with Gasteiger partial charge in [0.15, 0.2) is 0 Å². The van der Waals surface area contributed by atoms with Gasteiger partial charge in [-0.3, -0.25) is 0 Å². The van der Waals surface area contributed by atoms with Gasteiger partial charge in [0.25, 0.3) is 0 Å². The molecule has 0 saturated carbocycles. The van der Waals surface area contributed by atoms with E-state index >= 15 is 0 Å². The second-order valence-corrected chi connectivity index (χ2v) is 14.0. The zero-order valence-corrected chi connectivity index (χ0v) is 28.3. The van der Waals surface area contributed by atoms with Crippen LogP contribution in [0.3, 0.4) is 0 Å². The van der Waals surface area contributed by atoms with Crippen molar-refractivity contribution in [3.8, 4) is 0 Å². The number of allylic oxidation sites excluding steroid dienone is 4. The van der Waals surface area contributed by atoms with E-state index in [1.165, 1.54) is 44.0 Å². The number of hydrogen-bond donors (Lipinski definition) is 0. The molecule has 0 fully saturated rings. The maximum atomic E-state index is 6.25. The van der Waals surface area contributed by atoms with Crippen molar-refractivity contribution >= 4 is 38.3 Å². The first kappa shape index (κ1) is 41.1.